The monoisotopic (exact) mass is 374 g/mol. The third-order valence-corrected chi connectivity index (χ3v) is 4.78. The number of ether oxygens (including phenoxy) is 1. The van der Waals surface area contributed by atoms with Crippen molar-refractivity contribution in [3.05, 3.63) is 69.8 Å². The third-order valence-electron chi connectivity index (χ3n) is 3.77. The van der Waals surface area contributed by atoms with E-state index in [1.807, 2.05) is 24.3 Å². The Morgan fingerprint density at radius 1 is 1.12 bits per heavy atom. The summed E-state index contributed by atoms with van der Waals surface area (Å²) in [5.74, 6) is 1.87. The van der Waals surface area contributed by atoms with Gasteiger partial charge in [0.15, 0.2) is 0 Å². The lowest BCUT2D eigenvalue weighted by atomic mass is 10.1. The number of benzene rings is 2. The van der Waals surface area contributed by atoms with Gasteiger partial charge in [0, 0.05) is 24.4 Å². The zero-order valence-corrected chi connectivity index (χ0v) is 15.5. The highest BCUT2D eigenvalue weighted by atomic mass is 32.2. The summed E-state index contributed by atoms with van der Waals surface area (Å²) in [6.45, 7) is 0.642. The van der Waals surface area contributed by atoms with E-state index in [2.05, 4.69) is 5.32 Å². The molecule has 0 saturated carbocycles. The lowest BCUT2D eigenvalue weighted by Gasteiger charge is -2.06. The molecular weight excluding hydrogens is 352 g/mol. The number of aryl methyl sites for hydroxylation is 1. The largest absolute Gasteiger partial charge is 0.497 e. The minimum Gasteiger partial charge on any atom is -0.497 e. The lowest BCUT2D eigenvalue weighted by Crippen LogP contribution is -2.26. The van der Waals surface area contributed by atoms with Gasteiger partial charge in [-0.05, 0) is 36.1 Å². The van der Waals surface area contributed by atoms with E-state index in [0.717, 1.165) is 24.2 Å². The lowest BCUT2D eigenvalue weighted by molar-refractivity contribution is -0.384. The fourth-order valence-electron chi connectivity index (χ4n) is 2.34. The number of nitro benzene ring substituents is 1. The number of hydrogen-bond donors (Lipinski definition) is 1. The summed E-state index contributed by atoms with van der Waals surface area (Å²) in [5.41, 5.74) is 2.26. The first-order valence-corrected chi connectivity index (χ1v) is 9.44. The van der Waals surface area contributed by atoms with Gasteiger partial charge in [-0.15, -0.1) is 11.8 Å². The Hall–Kier alpha value is -2.54. The second-order valence-corrected chi connectivity index (χ2v) is 6.70. The summed E-state index contributed by atoms with van der Waals surface area (Å²) in [5, 5.41) is 13.5. The number of carbonyl (C=O) groups is 1. The number of nitrogens with one attached hydrogen (secondary N) is 1. The number of rotatable bonds is 10. The van der Waals surface area contributed by atoms with Gasteiger partial charge in [-0.3, -0.25) is 14.9 Å². The van der Waals surface area contributed by atoms with Crippen LogP contribution in [0.4, 0.5) is 5.69 Å². The van der Waals surface area contributed by atoms with Crippen LogP contribution < -0.4 is 10.1 Å². The van der Waals surface area contributed by atoms with Crippen LogP contribution in [0.3, 0.4) is 0 Å². The van der Waals surface area contributed by atoms with Crippen LogP contribution in [0.15, 0.2) is 48.5 Å². The topological polar surface area (TPSA) is 81.5 Å². The second-order valence-electron chi connectivity index (χ2n) is 5.72. The number of hydrogen-bond acceptors (Lipinski definition) is 5. The van der Waals surface area contributed by atoms with Crippen LogP contribution in [-0.2, 0) is 17.0 Å². The summed E-state index contributed by atoms with van der Waals surface area (Å²) in [4.78, 5) is 22.0. The average Bonchev–Trinajstić information content (AvgIpc) is 2.66. The maximum atomic E-state index is 11.8. The molecule has 0 unspecified atom stereocenters. The Morgan fingerprint density at radius 3 is 2.38 bits per heavy atom. The van der Waals surface area contributed by atoms with Crippen molar-refractivity contribution in [1.82, 2.24) is 5.32 Å². The van der Waals surface area contributed by atoms with Crippen LogP contribution in [-0.4, -0.2) is 30.2 Å². The van der Waals surface area contributed by atoms with E-state index >= 15 is 0 Å². The van der Waals surface area contributed by atoms with Crippen molar-refractivity contribution < 1.29 is 14.5 Å². The molecule has 138 valence electrons. The van der Waals surface area contributed by atoms with E-state index in [0.29, 0.717) is 18.1 Å². The standard InChI is InChI=1S/C19H22N2O4S/c1-25-18-10-6-15(7-11-18)3-2-12-20-19(22)14-26-13-16-4-8-17(9-5-16)21(23)24/h4-11H,2-3,12-14H2,1H3,(H,20,22). The molecule has 0 aliphatic carbocycles. The number of nitrogens with zero attached hydrogens (tertiary/aromatic N) is 1. The van der Waals surface area contributed by atoms with E-state index < -0.39 is 4.92 Å². The van der Waals surface area contributed by atoms with Crippen molar-refractivity contribution in [3.63, 3.8) is 0 Å². The molecule has 0 spiro atoms. The zero-order chi connectivity index (χ0) is 18.8. The smallest absolute Gasteiger partial charge is 0.269 e. The van der Waals surface area contributed by atoms with E-state index in [-0.39, 0.29) is 11.6 Å². The molecule has 2 aromatic rings. The fourth-order valence-corrected chi connectivity index (χ4v) is 3.16. The number of nitro groups is 1. The molecule has 0 bridgehead atoms. The van der Waals surface area contributed by atoms with Crippen molar-refractivity contribution in [2.75, 3.05) is 19.4 Å². The van der Waals surface area contributed by atoms with Crippen LogP contribution >= 0.6 is 11.8 Å². The molecule has 1 amide bonds. The van der Waals surface area contributed by atoms with E-state index in [9.17, 15) is 14.9 Å². The van der Waals surface area contributed by atoms with Crippen LogP contribution in [0.1, 0.15) is 17.5 Å². The molecule has 6 nitrogen and oxygen atoms in total. The van der Waals surface area contributed by atoms with Gasteiger partial charge in [-0.2, -0.15) is 0 Å². The second kappa shape index (κ2) is 10.5. The Bertz CT molecular complexity index is 717. The predicted octanol–water partition coefficient (Wildman–Crippen LogP) is 3.59. The first kappa shape index (κ1) is 19.8. The van der Waals surface area contributed by atoms with Crippen molar-refractivity contribution >= 4 is 23.4 Å². The number of carbonyl (C=O) groups excluding carboxylic acids is 1. The molecule has 0 aliphatic rings. The van der Waals surface area contributed by atoms with Crippen molar-refractivity contribution in [2.24, 2.45) is 0 Å². The molecule has 26 heavy (non-hydrogen) atoms. The van der Waals surface area contributed by atoms with E-state index in [1.54, 1.807) is 19.2 Å². The molecule has 0 saturated heterocycles. The SMILES string of the molecule is COc1ccc(CCCNC(=O)CSCc2ccc([N+](=O)[O-])cc2)cc1. The predicted molar refractivity (Wildman–Crippen MR) is 104 cm³/mol. The van der Waals surface area contributed by atoms with Gasteiger partial charge in [0.05, 0.1) is 17.8 Å². The third kappa shape index (κ3) is 6.76. The molecule has 2 aromatic carbocycles. The minimum absolute atomic E-state index is 0.00615. The Morgan fingerprint density at radius 2 is 1.77 bits per heavy atom. The highest BCUT2D eigenvalue weighted by Crippen LogP contribution is 2.16. The van der Waals surface area contributed by atoms with Gasteiger partial charge in [0.25, 0.3) is 5.69 Å². The Labute approximate surface area is 157 Å². The van der Waals surface area contributed by atoms with E-state index in [4.69, 9.17) is 4.74 Å². The van der Waals surface area contributed by atoms with Crippen LogP contribution in [0.25, 0.3) is 0 Å². The molecule has 0 radical (unpaired) electrons. The molecule has 7 heteroatoms. The molecule has 0 fully saturated rings. The normalized spacial score (nSPS) is 10.3. The maximum absolute atomic E-state index is 11.8. The van der Waals surface area contributed by atoms with Crippen molar-refractivity contribution in [3.8, 4) is 5.75 Å². The van der Waals surface area contributed by atoms with Gasteiger partial charge in [0.2, 0.25) is 5.91 Å². The number of amides is 1. The van der Waals surface area contributed by atoms with Gasteiger partial charge >= 0.3 is 0 Å². The zero-order valence-electron chi connectivity index (χ0n) is 14.6. The number of thioether (sulfide) groups is 1. The Kier molecular flexibility index (Phi) is 7.95. The first-order chi connectivity index (χ1) is 12.6. The average molecular weight is 374 g/mol. The molecule has 0 aromatic heterocycles. The molecular formula is C19H22N2O4S. The highest BCUT2D eigenvalue weighted by Gasteiger charge is 2.05. The summed E-state index contributed by atoms with van der Waals surface area (Å²) in [6.07, 6.45) is 1.78. The number of methoxy groups -OCH3 is 1. The van der Waals surface area contributed by atoms with E-state index in [1.165, 1.54) is 29.5 Å². The van der Waals surface area contributed by atoms with Gasteiger partial charge in [0.1, 0.15) is 5.75 Å². The van der Waals surface area contributed by atoms with Crippen LogP contribution in [0.2, 0.25) is 0 Å². The molecule has 1 N–H and O–H groups in total. The molecule has 2 rings (SSSR count). The van der Waals surface area contributed by atoms with Gasteiger partial charge in [-0.1, -0.05) is 24.3 Å². The summed E-state index contributed by atoms with van der Waals surface area (Å²) < 4.78 is 5.12. The van der Waals surface area contributed by atoms with Crippen molar-refractivity contribution in [2.45, 2.75) is 18.6 Å². The highest BCUT2D eigenvalue weighted by molar-refractivity contribution is 7.99. The minimum atomic E-state index is -0.420. The fraction of sp³-hybridized carbons (Fsp3) is 0.316. The van der Waals surface area contributed by atoms with Crippen molar-refractivity contribution in [1.29, 1.82) is 0 Å². The number of non-ortho nitro benzene ring substituents is 1. The van der Waals surface area contributed by atoms with Crippen LogP contribution in [0, 0.1) is 10.1 Å². The Balaban J connectivity index is 1.59. The molecule has 0 atom stereocenters. The quantitative estimate of drug-likeness (QED) is 0.390. The van der Waals surface area contributed by atoms with Crippen LogP contribution in [0.5, 0.6) is 5.75 Å². The first-order valence-electron chi connectivity index (χ1n) is 8.29. The summed E-state index contributed by atoms with van der Waals surface area (Å²) >= 11 is 1.49. The maximum Gasteiger partial charge on any atom is 0.269 e. The molecule has 0 heterocycles. The summed E-state index contributed by atoms with van der Waals surface area (Å²) in [6, 6.07) is 14.3. The van der Waals surface area contributed by atoms with Gasteiger partial charge in [-0.25, -0.2) is 0 Å². The molecule has 0 aliphatic heterocycles. The summed E-state index contributed by atoms with van der Waals surface area (Å²) in [7, 11) is 1.64. The van der Waals surface area contributed by atoms with Gasteiger partial charge < -0.3 is 10.1 Å².